The molecule has 1 N–H and O–H groups in total. The van der Waals surface area contributed by atoms with Gasteiger partial charge in [0.05, 0.1) is 61.9 Å². The predicted molar refractivity (Wildman–Crippen MR) is 208 cm³/mol. The number of hydrogen-bond acceptors (Lipinski definition) is 8. The molecule has 3 heterocycles. The predicted octanol–water partition coefficient (Wildman–Crippen LogP) is 8.87. The first-order chi connectivity index (χ1) is 23.5. The van der Waals surface area contributed by atoms with Crippen LogP contribution in [0.4, 0.5) is 0 Å². The number of carboxylic acid groups (broad SMARTS) is 1. The van der Waals surface area contributed by atoms with Gasteiger partial charge in [0, 0.05) is 32.3 Å². The van der Waals surface area contributed by atoms with Crippen molar-refractivity contribution < 1.29 is 42.5 Å². The number of hydrogen-bond donors (Lipinski definition) is 1. The molecule has 11 heteroatoms. The van der Waals surface area contributed by atoms with Gasteiger partial charge in [-0.3, -0.25) is 4.79 Å². The van der Waals surface area contributed by atoms with Gasteiger partial charge in [0.15, 0.2) is 16.6 Å². The summed E-state index contributed by atoms with van der Waals surface area (Å²) in [6, 6.07) is 0. The van der Waals surface area contributed by atoms with Gasteiger partial charge in [-0.05, 0) is 85.4 Å². The minimum absolute atomic E-state index is 0.00884. The second kappa shape index (κ2) is 18.0. The van der Waals surface area contributed by atoms with Crippen molar-refractivity contribution in [3.8, 4) is 0 Å². The van der Waals surface area contributed by atoms with Gasteiger partial charge in [0.1, 0.15) is 6.29 Å². The lowest BCUT2D eigenvalue weighted by Crippen LogP contribution is -2.49. The van der Waals surface area contributed by atoms with Crippen molar-refractivity contribution in [1.29, 1.82) is 0 Å². The maximum absolute atomic E-state index is 12.2. The van der Waals surface area contributed by atoms with Gasteiger partial charge in [-0.2, -0.15) is 0 Å². The van der Waals surface area contributed by atoms with Crippen LogP contribution in [-0.2, 0) is 37.4 Å². The molecule has 0 aromatic carbocycles. The van der Waals surface area contributed by atoms with Crippen LogP contribution in [0.15, 0.2) is 24.3 Å². The zero-order chi connectivity index (χ0) is 38.5. The fourth-order valence-electron chi connectivity index (χ4n) is 7.28. The van der Waals surface area contributed by atoms with Crippen LogP contribution in [0.5, 0.6) is 0 Å². The Kier molecular flexibility index (Phi) is 15.6. The Bertz CT molecular complexity index is 1190. The largest absolute Gasteiger partial charge is 0.481 e. The summed E-state index contributed by atoms with van der Waals surface area (Å²) < 4.78 is 39.7. The van der Waals surface area contributed by atoms with Crippen molar-refractivity contribution in [2.75, 3.05) is 13.7 Å². The van der Waals surface area contributed by atoms with E-state index in [0.717, 1.165) is 49.5 Å². The summed E-state index contributed by atoms with van der Waals surface area (Å²) in [6.45, 7) is 33.8. The fourth-order valence-corrected chi connectivity index (χ4v) is 9.67. The van der Waals surface area contributed by atoms with Gasteiger partial charge >= 0.3 is 5.97 Å². The lowest BCUT2D eigenvalue weighted by molar-refractivity contribution is -0.139. The maximum atomic E-state index is 12.2. The van der Waals surface area contributed by atoms with Crippen LogP contribution in [0.3, 0.4) is 0 Å². The second-order valence-electron chi connectivity index (χ2n) is 18.6. The standard InChI is InChI=1S/C40H72O9Si2/c1-26-20-30(17-18-33-27(2)21-29(46-33)16-15-19-41)47-34(28(26)3)24-35-32(23-37(42)43)38(44-10)36(48-35)22-31(49-51(13,14)40(7,8)9)25-45-50(11,12)39(4,5)6/h19,26,29-36,38H,2-3,15-18,20-25H2,1,4-14H3,(H,42,43)/t26-,29+,30+,31?,32+,33+,34-,35+,36-,38-/m1/s1. The van der Waals surface area contributed by atoms with Crippen LogP contribution in [0.2, 0.25) is 36.3 Å². The van der Waals surface area contributed by atoms with Gasteiger partial charge in [0.2, 0.25) is 0 Å². The molecule has 0 saturated carbocycles. The number of carbonyl (C=O) groups excluding carboxylic acids is 1. The normalized spacial score (nSPS) is 31.6. The minimum Gasteiger partial charge on any atom is -0.481 e. The van der Waals surface area contributed by atoms with E-state index in [1.54, 1.807) is 7.11 Å². The van der Waals surface area contributed by atoms with Gasteiger partial charge in [-0.1, -0.05) is 61.6 Å². The van der Waals surface area contributed by atoms with E-state index in [-0.39, 0.29) is 71.1 Å². The summed E-state index contributed by atoms with van der Waals surface area (Å²) >= 11 is 0. The van der Waals surface area contributed by atoms with Crippen molar-refractivity contribution in [2.45, 2.75) is 191 Å². The molecule has 3 aliphatic rings. The highest BCUT2D eigenvalue weighted by molar-refractivity contribution is 6.74. The molecule has 3 saturated heterocycles. The summed E-state index contributed by atoms with van der Waals surface area (Å²) in [5.74, 6) is -0.965. The average Bonchev–Trinajstić information content (AvgIpc) is 3.52. The number of aliphatic carboxylic acids is 1. The van der Waals surface area contributed by atoms with Crippen molar-refractivity contribution in [1.82, 2.24) is 0 Å². The number of rotatable bonds is 18. The van der Waals surface area contributed by atoms with Crippen molar-refractivity contribution in [3.05, 3.63) is 24.3 Å². The summed E-state index contributed by atoms with van der Waals surface area (Å²) in [7, 11) is -2.59. The van der Waals surface area contributed by atoms with E-state index in [4.69, 9.17) is 27.8 Å². The van der Waals surface area contributed by atoms with E-state index in [0.29, 0.717) is 25.9 Å². The highest BCUT2D eigenvalue weighted by Gasteiger charge is 2.49. The lowest BCUT2D eigenvalue weighted by atomic mass is 9.82. The molecule has 0 aliphatic carbocycles. The molecule has 1 unspecified atom stereocenters. The molecule has 0 radical (unpaired) electrons. The van der Waals surface area contributed by atoms with Crippen LogP contribution in [0.1, 0.15) is 106 Å². The first-order valence-electron chi connectivity index (χ1n) is 19.3. The van der Waals surface area contributed by atoms with E-state index in [2.05, 4.69) is 87.8 Å². The summed E-state index contributed by atoms with van der Waals surface area (Å²) in [5, 5.41) is 10.1. The Morgan fingerprint density at radius 1 is 0.941 bits per heavy atom. The topological polar surface area (TPSA) is 110 Å². The number of carbonyl (C=O) groups is 2. The highest BCUT2D eigenvalue weighted by Crippen LogP contribution is 2.44. The molecule has 51 heavy (non-hydrogen) atoms. The highest BCUT2D eigenvalue weighted by atomic mass is 28.4. The molecule has 0 amide bonds. The number of ether oxygens (including phenoxy) is 4. The number of carboxylic acids is 1. The molecule has 3 rings (SSSR count). The van der Waals surface area contributed by atoms with Crippen LogP contribution < -0.4 is 0 Å². The Morgan fingerprint density at radius 3 is 2.14 bits per heavy atom. The molecular weight excluding hydrogens is 681 g/mol. The van der Waals surface area contributed by atoms with Crippen molar-refractivity contribution in [3.63, 3.8) is 0 Å². The quantitative estimate of drug-likeness (QED) is 0.0834. The van der Waals surface area contributed by atoms with Crippen molar-refractivity contribution in [2.24, 2.45) is 11.8 Å². The molecular formula is C40H72O9Si2. The van der Waals surface area contributed by atoms with Crippen LogP contribution in [0, 0.1) is 11.8 Å². The Labute approximate surface area is 311 Å². The van der Waals surface area contributed by atoms with E-state index in [1.807, 2.05) is 0 Å². The van der Waals surface area contributed by atoms with E-state index in [1.165, 1.54) is 0 Å². The number of aldehydes is 1. The van der Waals surface area contributed by atoms with E-state index in [9.17, 15) is 14.7 Å². The fraction of sp³-hybridized carbons (Fsp3) is 0.850. The van der Waals surface area contributed by atoms with Gasteiger partial charge in [-0.25, -0.2) is 0 Å². The molecule has 0 bridgehead atoms. The first-order valence-corrected chi connectivity index (χ1v) is 25.1. The smallest absolute Gasteiger partial charge is 0.303 e. The SMILES string of the molecule is C=C1C[C@H](CCC=O)O[C@H]1CC[C@H]1C[C@@H](C)C(=C)[C@@H](C[C@@H]2O[C@H](CC(CO[Si](C)(C)C(C)(C)C)O[Si](C)(C)C(C)(C)C)[C@H](OC)[C@H]2CC(=O)O)O1. The molecule has 9 nitrogen and oxygen atoms in total. The zero-order valence-corrected chi connectivity index (χ0v) is 36.0. The summed E-state index contributed by atoms with van der Waals surface area (Å²) in [4.78, 5) is 23.1. The minimum atomic E-state index is -2.18. The molecule has 10 atom stereocenters. The second-order valence-corrected chi connectivity index (χ2v) is 28.2. The molecule has 0 aromatic rings. The van der Waals surface area contributed by atoms with E-state index < -0.39 is 28.7 Å². The molecule has 3 aliphatic heterocycles. The van der Waals surface area contributed by atoms with Crippen LogP contribution in [0.25, 0.3) is 0 Å². The van der Waals surface area contributed by atoms with Crippen molar-refractivity contribution >= 4 is 28.9 Å². The zero-order valence-electron chi connectivity index (χ0n) is 34.0. The lowest BCUT2D eigenvalue weighted by Gasteiger charge is -2.42. The maximum Gasteiger partial charge on any atom is 0.303 e. The van der Waals surface area contributed by atoms with Gasteiger partial charge in [0.25, 0.3) is 0 Å². The average molecular weight is 753 g/mol. The third kappa shape index (κ3) is 11.9. The summed E-state index contributed by atoms with van der Waals surface area (Å²) in [6.07, 6.45) is 4.94. The third-order valence-corrected chi connectivity index (χ3v) is 21.7. The Morgan fingerprint density at radius 2 is 1.57 bits per heavy atom. The first kappa shape index (κ1) is 44.2. The number of methoxy groups -OCH3 is 1. The Hall–Kier alpha value is -1.19. The summed E-state index contributed by atoms with van der Waals surface area (Å²) in [5.41, 5.74) is 2.12. The van der Waals surface area contributed by atoms with Crippen LogP contribution >= 0.6 is 0 Å². The molecule has 3 fully saturated rings. The monoisotopic (exact) mass is 752 g/mol. The van der Waals surface area contributed by atoms with E-state index >= 15 is 0 Å². The molecule has 0 aromatic heterocycles. The Balaban J connectivity index is 1.78. The molecule has 294 valence electrons. The molecule has 0 spiro atoms. The third-order valence-electron chi connectivity index (χ3n) is 12.6. The van der Waals surface area contributed by atoms with Gasteiger partial charge < -0.3 is 37.7 Å². The van der Waals surface area contributed by atoms with Crippen LogP contribution in [-0.4, -0.2) is 96.5 Å². The van der Waals surface area contributed by atoms with Gasteiger partial charge in [-0.15, -0.1) is 0 Å².